The second-order valence-electron chi connectivity index (χ2n) is 6.28. The molecule has 5 heteroatoms. The first kappa shape index (κ1) is 18.5. The van der Waals surface area contributed by atoms with Crippen LogP contribution in [0.5, 0.6) is 0 Å². The molecular weight excluding hydrogens is 314 g/mol. The van der Waals surface area contributed by atoms with E-state index in [1.54, 1.807) is 12.1 Å². The van der Waals surface area contributed by atoms with Crippen LogP contribution in [0.1, 0.15) is 29.3 Å². The summed E-state index contributed by atoms with van der Waals surface area (Å²) in [6.45, 7) is 2.30. The predicted octanol–water partition coefficient (Wildman–Crippen LogP) is 2.58. The Morgan fingerprint density at radius 3 is 2.24 bits per heavy atom. The first-order valence-corrected chi connectivity index (χ1v) is 8.34. The van der Waals surface area contributed by atoms with Crippen molar-refractivity contribution in [2.24, 2.45) is 0 Å². The minimum absolute atomic E-state index is 0.0856. The lowest BCUT2D eigenvalue weighted by Crippen LogP contribution is -2.37. The molecule has 132 valence electrons. The van der Waals surface area contributed by atoms with Gasteiger partial charge in [-0.05, 0) is 36.8 Å². The molecule has 0 fully saturated rings. The largest absolute Gasteiger partial charge is 0.378 e. The van der Waals surface area contributed by atoms with Gasteiger partial charge in [-0.2, -0.15) is 0 Å². The number of nitrogens with one attached hydrogen (secondary N) is 2. The molecule has 2 aromatic rings. The number of benzene rings is 2. The molecule has 2 amide bonds. The minimum atomic E-state index is -0.233. The fourth-order valence-corrected chi connectivity index (χ4v) is 2.41. The maximum atomic E-state index is 12.1. The maximum absolute atomic E-state index is 12.1. The summed E-state index contributed by atoms with van der Waals surface area (Å²) in [6, 6.07) is 16.8. The second-order valence-corrected chi connectivity index (χ2v) is 6.28. The zero-order valence-electron chi connectivity index (χ0n) is 15.0. The van der Waals surface area contributed by atoms with Gasteiger partial charge in [-0.3, -0.25) is 9.59 Å². The second kappa shape index (κ2) is 8.87. The van der Waals surface area contributed by atoms with E-state index in [1.807, 2.05) is 68.4 Å². The molecule has 0 saturated heterocycles. The molecule has 0 heterocycles. The predicted molar refractivity (Wildman–Crippen MR) is 101 cm³/mol. The molecule has 0 aliphatic rings. The molecule has 5 nitrogen and oxygen atoms in total. The number of carbonyl (C=O) groups is 2. The molecule has 2 N–H and O–H groups in total. The fourth-order valence-electron chi connectivity index (χ4n) is 2.41. The summed E-state index contributed by atoms with van der Waals surface area (Å²) in [4.78, 5) is 26.1. The van der Waals surface area contributed by atoms with Gasteiger partial charge in [0.15, 0.2) is 0 Å². The maximum Gasteiger partial charge on any atom is 0.251 e. The standard InChI is InChI=1S/C20H25N3O2/c1-15(22-20(25)17-7-5-4-6-8-17)13-19(24)21-14-16-9-11-18(12-10-16)23(2)3/h4-12,15H,13-14H2,1-3H3,(H,21,24)(H,22,25)/t15-/m1/s1. The molecule has 0 aliphatic heterocycles. The highest BCUT2D eigenvalue weighted by molar-refractivity contribution is 5.94. The summed E-state index contributed by atoms with van der Waals surface area (Å²) >= 11 is 0. The molecule has 0 bridgehead atoms. The van der Waals surface area contributed by atoms with Crippen LogP contribution in [0.15, 0.2) is 54.6 Å². The molecule has 0 saturated carbocycles. The Morgan fingerprint density at radius 2 is 1.64 bits per heavy atom. The summed E-state index contributed by atoms with van der Waals surface area (Å²) in [7, 11) is 3.98. The van der Waals surface area contributed by atoms with Crippen molar-refractivity contribution in [3.8, 4) is 0 Å². The van der Waals surface area contributed by atoms with E-state index in [1.165, 1.54) is 0 Å². The summed E-state index contributed by atoms with van der Waals surface area (Å²) in [5.74, 6) is -0.252. The van der Waals surface area contributed by atoms with E-state index in [4.69, 9.17) is 0 Å². The number of nitrogens with zero attached hydrogens (tertiary/aromatic N) is 1. The lowest BCUT2D eigenvalue weighted by molar-refractivity contribution is -0.121. The van der Waals surface area contributed by atoms with Crippen LogP contribution >= 0.6 is 0 Å². The van der Waals surface area contributed by atoms with Crippen molar-refractivity contribution in [3.05, 3.63) is 65.7 Å². The molecule has 0 aromatic heterocycles. The molecule has 2 rings (SSSR count). The quantitative estimate of drug-likeness (QED) is 0.815. The van der Waals surface area contributed by atoms with Gasteiger partial charge in [-0.15, -0.1) is 0 Å². The zero-order chi connectivity index (χ0) is 18.2. The Balaban J connectivity index is 1.76. The van der Waals surface area contributed by atoms with E-state index >= 15 is 0 Å². The van der Waals surface area contributed by atoms with Crippen LogP contribution in [-0.2, 0) is 11.3 Å². The van der Waals surface area contributed by atoms with Crippen LogP contribution in [0.25, 0.3) is 0 Å². The Labute approximate surface area is 149 Å². The molecule has 0 unspecified atom stereocenters. The highest BCUT2D eigenvalue weighted by Gasteiger charge is 2.13. The van der Waals surface area contributed by atoms with Crippen LogP contribution in [-0.4, -0.2) is 32.0 Å². The molecule has 0 radical (unpaired) electrons. The highest BCUT2D eigenvalue weighted by Crippen LogP contribution is 2.12. The van der Waals surface area contributed by atoms with Crippen LogP contribution in [0.2, 0.25) is 0 Å². The van der Waals surface area contributed by atoms with Crippen molar-refractivity contribution in [1.29, 1.82) is 0 Å². The van der Waals surface area contributed by atoms with Crippen LogP contribution < -0.4 is 15.5 Å². The van der Waals surface area contributed by atoms with Gasteiger partial charge in [0.2, 0.25) is 5.91 Å². The van der Waals surface area contributed by atoms with Gasteiger partial charge in [0.05, 0.1) is 0 Å². The topological polar surface area (TPSA) is 61.4 Å². The summed E-state index contributed by atoms with van der Waals surface area (Å²) < 4.78 is 0. The number of hydrogen-bond acceptors (Lipinski definition) is 3. The fraction of sp³-hybridized carbons (Fsp3) is 0.300. The van der Waals surface area contributed by atoms with E-state index in [0.29, 0.717) is 12.1 Å². The lowest BCUT2D eigenvalue weighted by atomic mass is 10.1. The average Bonchev–Trinajstić information content (AvgIpc) is 2.61. The van der Waals surface area contributed by atoms with Crippen LogP contribution in [0.4, 0.5) is 5.69 Å². The van der Waals surface area contributed by atoms with E-state index in [-0.39, 0.29) is 24.3 Å². The third-order valence-corrected chi connectivity index (χ3v) is 3.85. The zero-order valence-corrected chi connectivity index (χ0v) is 15.0. The Morgan fingerprint density at radius 1 is 1.00 bits per heavy atom. The summed E-state index contributed by atoms with van der Waals surface area (Å²) in [6.07, 6.45) is 0.244. The molecule has 0 spiro atoms. The first-order valence-electron chi connectivity index (χ1n) is 8.34. The lowest BCUT2D eigenvalue weighted by Gasteiger charge is -2.15. The number of carbonyl (C=O) groups excluding carboxylic acids is 2. The SMILES string of the molecule is C[C@H](CC(=O)NCc1ccc(N(C)C)cc1)NC(=O)c1ccccc1. The minimum Gasteiger partial charge on any atom is -0.378 e. The van der Waals surface area contributed by atoms with Gasteiger partial charge >= 0.3 is 0 Å². The molecule has 2 aromatic carbocycles. The Bertz CT molecular complexity index is 697. The van der Waals surface area contributed by atoms with E-state index in [2.05, 4.69) is 10.6 Å². The molecule has 1 atom stereocenters. The number of hydrogen-bond donors (Lipinski definition) is 2. The van der Waals surface area contributed by atoms with Gasteiger partial charge in [0.25, 0.3) is 5.91 Å². The van der Waals surface area contributed by atoms with Crippen molar-refractivity contribution in [1.82, 2.24) is 10.6 Å². The van der Waals surface area contributed by atoms with Gasteiger partial charge in [0, 0.05) is 44.4 Å². The third-order valence-electron chi connectivity index (χ3n) is 3.85. The summed E-state index contributed by atoms with van der Waals surface area (Å²) in [5, 5.41) is 5.73. The van der Waals surface area contributed by atoms with Gasteiger partial charge in [-0.1, -0.05) is 30.3 Å². The normalized spacial score (nSPS) is 11.5. The number of rotatable bonds is 7. The van der Waals surface area contributed by atoms with Gasteiger partial charge in [-0.25, -0.2) is 0 Å². The number of amides is 2. The smallest absolute Gasteiger partial charge is 0.251 e. The highest BCUT2D eigenvalue weighted by atomic mass is 16.2. The third kappa shape index (κ3) is 5.95. The van der Waals surface area contributed by atoms with Gasteiger partial charge < -0.3 is 15.5 Å². The van der Waals surface area contributed by atoms with Crippen LogP contribution in [0, 0.1) is 0 Å². The first-order chi connectivity index (χ1) is 12.0. The Hall–Kier alpha value is -2.82. The van der Waals surface area contributed by atoms with Gasteiger partial charge in [0.1, 0.15) is 0 Å². The van der Waals surface area contributed by atoms with E-state index in [9.17, 15) is 9.59 Å². The summed E-state index contributed by atoms with van der Waals surface area (Å²) in [5.41, 5.74) is 2.75. The Kier molecular flexibility index (Phi) is 6.57. The van der Waals surface area contributed by atoms with Crippen molar-refractivity contribution in [3.63, 3.8) is 0 Å². The van der Waals surface area contributed by atoms with Crippen molar-refractivity contribution in [2.45, 2.75) is 25.9 Å². The molecular formula is C20H25N3O2. The number of anilines is 1. The van der Waals surface area contributed by atoms with Crippen molar-refractivity contribution in [2.75, 3.05) is 19.0 Å². The average molecular weight is 339 g/mol. The monoisotopic (exact) mass is 339 g/mol. The van der Waals surface area contributed by atoms with Crippen LogP contribution in [0.3, 0.4) is 0 Å². The van der Waals surface area contributed by atoms with E-state index in [0.717, 1.165) is 11.3 Å². The molecule has 25 heavy (non-hydrogen) atoms. The van der Waals surface area contributed by atoms with Crippen molar-refractivity contribution >= 4 is 17.5 Å². The van der Waals surface area contributed by atoms with E-state index < -0.39 is 0 Å². The molecule has 0 aliphatic carbocycles. The van der Waals surface area contributed by atoms with Crippen molar-refractivity contribution < 1.29 is 9.59 Å².